The molecule has 0 aliphatic heterocycles. The van der Waals surface area contributed by atoms with E-state index in [-0.39, 0.29) is 0 Å². The molecular formula is C5HF5. The summed E-state index contributed by atoms with van der Waals surface area (Å²) >= 11 is 0. The van der Waals surface area contributed by atoms with E-state index in [1.807, 2.05) is 0 Å². The number of halogens is 5. The number of rotatable bonds is 0. The van der Waals surface area contributed by atoms with Crippen molar-refractivity contribution in [2.45, 2.75) is 6.17 Å². The molecule has 0 heterocycles. The number of alkyl halides is 1. The fourth-order valence-electron chi connectivity index (χ4n) is 0.543. The molecule has 0 amide bonds. The summed E-state index contributed by atoms with van der Waals surface area (Å²) in [6.07, 6.45) is -2.89. The molecule has 0 unspecified atom stereocenters. The number of hydrogen-bond donors (Lipinski definition) is 0. The second-order valence-electron chi connectivity index (χ2n) is 1.69. The van der Waals surface area contributed by atoms with E-state index in [0.717, 1.165) is 0 Å². The molecule has 5 heteroatoms. The molecule has 0 N–H and O–H groups in total. The molecule has 0 nitrogen and oxygen atoms in total. The Morgan fingerprint density at radius 2 is 1.10 bits per heavy atom. The molecule has 0 atom stereocenters. The van der Waals surface area contributed by atoms with Gasteiger partial charge in [-0.1, -0.05) is 0 Å². The van der Waals surface area contributed by atoms with Crippen molar-refractivity contribution in [3.63, 3.8) is 0 Å². The molecule has 1 aliphatic carbocycles. The van der Waals surface area contributed by atoms with E-state index in [4.69, 9.17) is 0 Å². The van der Waals surface area contributed by atoms with Crippen LogP contribution in [0.25, 0.3) is 0 Å². The molecule has 0 spiro atoms. The smallest absolute Gasteiger partial charge is 0.209 e. The van der Waals surface area contributed by atoms with E-state index >= 15 is 0 Å². The van der Waals surface area contributed by atoms with E-state index in [2.05, 4.69) is 0 Å². The summed E-state index contributed by atoms with van der Waals surface area (Å²) in [4.78, 5) is 0. The molecule has 0 radical (unpaired) electrons. The minimum Gasteiger partial charge on any atom is -0.232 e. The second-order valence-corrected chi connectivity index (χ2v) is 1.69. The monoisotopic (exact) mass is 156 g/mol. The van der Waals surface area contributed by atoms with Crippen molar-refractivity contribution in [2.24, 2.45) is 0 Å². The van der Waals surface area contributed by atoms with Crippen LogP contribution in [-0.2, 0) is 0 Å². The first-order valence-corrected chi connectivity index (χ1v) is 2.30. The highest BCUT2D eigenvalue weighted by Gasteiger charge is 2.36. The zero-order chi connectivity index (χ0) is 7.89. The highest BCUT2D eigenvalue weighted by Crippen LogP contribution is 2.37. The van der Waals surface area contributed by atoms with Crippen molar-refractivity contribution in [1.82, 2.24) is 0 Å². The molecule has 0 aromatic rings. The van der Waals surface area contributed by atoms with Crippen LogP contribution in [0.5, 0.6) is 0 Å². The predicted molar refractivity (Wildman–Crippen MR) is 23.4 cm³/mol. The molecule has 10 heavy (non-hydrogen) atoms. The summed E-state index contributed by atoms with van der Waals surface area (Å²) in [5, 5.41) is 0. The van der Waals surface area contributed by atoms with E-state index < -0.39 is 29.5 Å². The van der Waals surface area contributed by atoms with Crippen LogP contribution in [-0.4, -0.2) is 6.17 Å². The highest BCUT2D eigenvalue weighted by molar-refractivity contribution is 5.38. The SMILES string of the molecule is FC1=C(F)C(F)C(F)=C1F. The standard InChI is InChI=1S/C5HF5/c6-1-2(7)4(9)5(10)3(1)8/h1H. The summed E-state index contributed by atoms with van der Waals surface area (Å²) in [5.74, 6) is -8.22. The molecule has 0 aromatic heterocycles. The van der Waals surface area contributed by atoms with Crippen molar-refractivity contribution >= 4 is 0 Å². The third-order valence-electron chi connectivity index (χ3n) is 1.06. The van der Waals surface area contributed by atoms with Crippen molar-refractivity contribution < 1.29 is 22.0 Å². The quantitative estimate of drug-likeness (QED) is 0.473. The van der Waals surface area contributed by atoms with E-state index in [9.17, 15) is 22.0 Å². The Morgan fingerprint density at radius 3 is 1.20 bits per heavy atom. The Bertz CT molecular complexity index is 202. The zero-order valence-corrected chi connectivity index (χ0v) is 4.47. The van der Waals surface area contributed by atoms with Gasteiger partial charge in [-0.05, 0) is 0 Å². The minimum atomic E-state index is -2.89. The molecule has 1 aliphatic rings. The molecule has 0 saturated heterocycles. The summed E-state index contributed by atoms with van der Waals surface area (Å²) in [6, 6.07) is 0. The molecule has 56 valence electrons. The molecule has 0 saturated carbocycles. The van der Waals surface area contributed by atoms with Gasteiger partial charge in [-0.3, -0.25) is 0 Å². The summed E-state index contributed by atoms with van der Waals surface area (Å²) < 4.78 is 59.1. The molecule has 0 bridgehead atoms. The lowest BCUT2D eigenvalue weighted by Crippen LogP contribution is -1.95. The average molecular weight is 156 g/mol. The first-order chi connectivity index (χ1) is 4.55. The van der Waals surface area contributed by atoms with Gasteiger partial charge in [0.05, 0.1) is 0 Å². The van der Waals surface area contributed by atoms with Gasteiger partial charge in [0.1, 0.15) is 0 Å². The summed E-state index contributed by atoms with van der Waals surface area (Å²) in [5.41, 5.74) is 0. The lowest BCUT2D eigenvalue weighted by molar-refractivity contribution is 0.321. The second kappa shape index (κ2) is 2.07. The fraction of sp³-hybridized carbons (Fsp3) is 0.200. The van der Waals surface area contributed by atoms with Crippen LogP contribution in [0, 0.1) is 0 Å². The summed E-state index contributed by atoms with van der Waals surface area (Å²) in [6.45, 7) is 0. The van der Waals surface area contributed by atoms with Crippen LogP contribution in [0.3, 0.4) is 0 Å². The van der Waals surface area contributed by atoms with Gasteiger partial charge in [0.2, 0.25) is 6.17 Å². The van der Waals surface area contributed by atoms with Crippen LogP contribution in [0.1, 0.15) is 0 Å². The molecule has 0 aromatic carbocycles. The normalized spacial score (nSPS) is 21.3. The third kappa shape index (κ3) is 0.732. The topological polar surface area (TPSA) is 0 Å². The Labute approximate surface area is 52.6 Å². The zero-order valence-electron chi connectivity index (χ0n) is 4.47. The lowest BCUT2D eigenvalue weighted by Gasteiger charge is -1.91. The summed E-state index contributed by atoms with van der Waals surface area (Å²) in [7, 11) is 0. The van der Waals surface area contributed by atoms with Crippen LogP contribution in [0.15, 0.2) is 23.3 Å². The maximum atomic E-state index is 11.9. The van der Waals surface area contributed by atoms with Gasteiger partial charge in [-0.25, -0.2) is 22.0 Å². The first-order valence-electron chi connectivity index (χ1n) is 2.30. The van der Waals surface area contributed by atoms with Crippen molar-refractivity contribution in [2.75, 3.05) is 0 Å². The van der Waals surface area contributed by atoms with E-state index in [1.165, 1.54) is 0 Å². The minimum absolute atomic E-state index is 2.03. The van der Waals surface area contributed by atoms with Gasteiger partial charge >= 0.3 is 0 Å². The molecule has 0 fully saturated rings. The highest BCUT2D eigenvalue weighted by atomic mass is 19.2. The van der Waals surface area contributed by atoms with Gasteiger partial charge in [-0.2, -0.15) is 0 Å². The fourth-order valence-corrected chi connectivity index (χ4v) is 0.543. The Morgan fingerprint density at radius 1 is 0.800 bits per heavy atom. The first kappa shape index (κ1) is 7.24. The Hall–Kier alpha value is -0.870. The van der Waals surface area contributed by atoms with Crippen LogP contribution >= 0.6 is 0 Å². The average Bonchev–Trinajstić information content (AvgIpc) is 2.07. The molecular weight excluding hydrogens is 155 g/mol. The number of hydrogen-bond acceptors (Lipinski definition) is 0. The predicted octanol–water partition coefficient (Wildman–Crippen LogP) is 2.64. The van der Waals surface area contributed by atoms with Gasteiger partial charge in [-0.15, -0.1) is 0 Å². The van der Waals surface area contributed by atoms with E-state index in [0.29, 0.717) is 0 Å². The van der Waals surface area contributed by atoms with Crippen LogP contribution < -0.4 is 0 Å². The van der Waals surface area contributed by atoms with Crippen molar-refractivity contribution in [3.8, 4) is 0 Å². The van der Waals surface area contributed by atoms with Gasteiger partial charge in [0.15, 0.2) is 23.3 Å². The van der Waals surface area contributed by atoms with E-state index in [1.54, 1.807) is 0 Å². The van der Waals surface area contributed by atoms with Crippen molar-refractivity contribution in [3.05, 3.63) is 23.3 Å². The van der Waals surface area contributed by atoms with Crippen LogP contribution in [0.2, 0.25) is 0 Å². The van der Waals surface area contributed by atoms with Gasteiger partial charge in [0, 0.05) is 0 Å². The Kier molecular flexibility index (Phi) is 1.50. The van der Waals surface area contributed by atoms with Crippen molar-refractivity contribution in [1.29, 1.82) is 0 Å². The molecule has 1 rings (SSSR count). The lowest BCUT2D eigenvalue weighted by atomic mass is 10.4. The largest absolute Gasteiger partial charge is 0.232 e. The maximum absolute atomic E-state index is 11.9. The Balaban J connectivity index is 3.09. The maximum Gasteiger partial charge on any atom is 0.209 e. The van der Waals surface area contributed by atoms with Gasteiger partial charge < -0.3 is 0 Å². The third-order valence-corrected chi connectivity index (χ3v) is 1.06. The number of allylic oxidation sites excluding steroid dienone is 4. The van der Waals surface area contributed by atoms with Crippen LogP contribution in [0.4, 0.5) is 22.0 Å². The van der Waals surface area contributed by atoms with Gasteiger partial charge in [0.25, 0.3) is 0 Å².